The van der Waals surface area contributed by atoms with Crippen LogP contribution in [0.3, 0.4) is 0 Å². The van der Waals surface area contributed by atoms with Crippen LogP contribution in [0.5, 0.6) is 11.5 Å². The van der Waals surface area contributed by atoms with Crippen molar-refractivity contribution in [2.45, 2.75) is 13.3 Å². The molecule has 0 atom stereocenters. The number of carboxylic acids is 1. The van der Waals surface area contributed by atoms with E-state index in [0.29, 0.717) is 32.7 Å². The van der Waals surface area contributed by atoms with E-state index in [-0.39, 0.29) is 12.3 Å². The van der Waals surface area contributed by atoms with Gasteiger partial charge in [-0.05, 0) is 86.8 Å². The smallest absolute Gasteiger partial charge is 0.307 e. The van der Waals surface area contributed by atoms with E-state index in [9.17, 15) is 9.59 Å². The summed E-state index contributed by atoms with van der Waals surface area (Å²) in [5.74, 6) is -0.0491. The Kier molecular flexibility index (Phi) is 7.73. The second-order valence-electron chi connectivity index (χ2n) is 5.00. The first-order chi connectivity index (χ1) is 11.8. The molecule has 2 aromatic rings. The average Bonchev–Trinajstić information content (AvgIpc) is 2.52. The monoisotopic (exact) mass is 677 g/mol. The Labute approximate surface area is 186 Å². The zero-order valence-corrected chi connectivity index (χ0v) is 19.6. The van der Waals surface area contributed by atoms with Crippen LogP contribution in [-0.4, -0.2) is 23.5 Å². The Hall–Kier alpha value is -0.630. The SMILES string of the molecule is CCNC(=O)c1c(I)cc(I)c(Oc2ccccc2CC(=O)O)c1I. The summed E-state index contributed by atoms with van der Waals surface area (Å²) in [7, 11) is 0. The molecule has 0 spiro atoms. The number of hydrogen-bond donors (Lipinski definition) is 2. The maximum atomic E-state index is 12.4. The van der Waals surface area contributed by atoms with E-state index < -0.39 is 5.97 Å². The minimum Gasteiger partial charge on any atom is -0.481 e. The van der Waals surface area contributed by atoms with E-state index in [4.69, 9.17) is 9.84 Å². The van der Waals surface area contributed by atoms with Crippen LogP contribution >= 0.6 is 67.8 Å². The van der Waals surface area contributed by atoms with Crippen LogP contribution in [0, 0.1) is 10.7 Å². The molecule has 0 aliphatic rings. The molecular formula is C17H14I3NO4. The quantitative estimate of drug-likeness (QED) is 0.437. The Morgan fingerprint density at radius 1 is 1.16 bits per heavy atom. The van der Waals surface area contributed by atoms with Gasteiger partial charge in [-0.15, -0.1) is 0 Å². The van der Waals surface area contributed by atoms with Crippen molar-refractivity contribution < 1.29 is 19.4 Å². The fourth-order valence-corrected chi connectivity index (χ4v) is 6.23. The Bertz CT molecular complexity index is 824. The molecule has 25 heavy (non-hydrogen) atoms. The lowest BCUT2D eigenvalue weighted by Gasteiger charge is -2.16. The maximum Gasteiger partial charge on any atom is 0.307 e. The van der Waals surface area contributed by atoms with Crippen molar-refractivity contribution in [3.63, 3.8) is 0 Å². The molecule has 2 rings (SSSR count). The number of nitrogens with one attached hydrogen (secondary N) is 1. The first-order valence-electron chi connectivity index (χ1n) is 7.28. The highest BCUT2D eigenvalue weighted by atomic mass is 127. The maximum absolute atomic E-state index is 12.4. The van der Waals surface area contributed by atoms with Crippen molar-refractivity contribution in [2.24, 2.45) is 0 Å². The van der Waals surface area contributed by atoms with Gasteiger partial charge >= 0.3 is 5.97 Å². The molecule has 0 fully saturated rings. The minimum absolute atomic E-state index is 0.128. The van der Waals surface area contributed by atoms with Gasteiger partial charge in [0.15, 0.2) is 5.75 Å². The molecule has 5 nitrogen and oxygen atoms in total. The van der Waals surface area contributed by atoms with Gasteiger partial charge in [0.2, 0.25) is 0 Å². The lowest BCUT2D eigenvalue weighted by atomic mass is 10.1. The summed E-state index contributed by atoms with van der Waals surface area (Å²) < 4.78 is 8.42. The molecule has 0 saturated heterocycles. The lowest BCUT2D eigenvalue weighted by molar-refractivity contribution is -0.136. The van der Waals surface area contributed by atoms with E-state index >= 15 is 0 Å². The summed E-state index contributed by atoms with van der Waals surface area (Å²) >= 11 is 6.39. The van der Waals surface area contributed by atoms with Crippen LogP contribution in [0.2, 0.25) is 0 Å². The number of carboxylic acid groups (broad SMARTS) is 1. The molecular weight excluding hydrogens is 663 g/mol. The van der Waals surface area contributed by atoms with Crippen molar-refractivity contribution in [2.75, 3.05) is 6.54 Å². The van der Waals surface area contributed by atoms with Gasteiger partial charge in [0.25, 0.3) is 5.91 Å². The molecule has 2 aromatic carbocycles. The summed E-state index contributed by atoms with van der Waals surface area (Å²) in [6.45, 7) is 2.40. The number of carbonyl (C=O) groups excluding carboxylic acids is 1. The van der Waals surface area contributed by atoms with E-state index in [1.54, 1.807) is 24.3 Å². The van der Waals surface area contributed by atoms with Gasteiger partial charge < -0.3 is 15.2 Å². The highest BCUT2D eigenvalue weighted by molar-refractivity contribution is 14.1. The summed E-state index contributed by atoms with van der Waals surface area (Å²) in [6.07, 6.45) is -0.128. The standard InChI is InChI=1S/C17H14I3NO4/c1-2-21-17(24)14-10(18)8-11(19)16(15(14)20)25-12-6-4-3-5-9(12)7-13(22)23/h3-6,8H,2,7H2,1H3,(H,21,24)(H,22,23). The highest BCUT2D eigenvalue weighted by Crippen LogP contribution is 2.37. The summed E-state index contributed by atoms with van der Waals surface area (Å²) in [6, 6.07) is 8.89. The summed E-state index contributed by atoms with van der Waals surface area (Å²) in [5, 5.41) is 11.9. The number of hydrogen-bond acceptors (Lipinski definition) is 3. The fourth-order valence-electron chi connectivity index (χ4n) is 2.15. The van der Waals surface area contributed by atoms with Crippen LogP contribution in [0.1, 0.15) is 22.8 Å². The second kappa shape index (κ2) is 9.35. The number of benzene rings is 2. The molecule has 0 bridgehead atoms. The van der Waals surface area contributed by atoms with E-state index in [0.717, 1.165) is 7.14 Å². The Morgan fingerprint density at radius 3 is 2.48 bits per heavy atom. The van der Waals surface area contributed by atoms with Crippen molar-refractivity contribution in [3.8, 4) is 11.5 Å². The van der Waals surface area contributed by atoms with E-state index in [1.165, 1.54) is 0 Å². The van der Waals surface area contributed by atoms with Crippen LogP contribution < -0.4 is 10.1 Å². The normalized spacial score (nSPS) is 10.4. The molecule has 0 aliphatic heterocycles. The van der Waals surface area contributed by atoms with Crippen molar-refractivity contribution in [1.82, 2.24) is 5.32 Å². The van der Waals surface area contributed by atoms with Crippen LogP contribution in [0.15, 0.2) is 30.3 Å². The zero-order valence-electron chi connectivity index (χ0n) is 13.1. The Balaban J connectivity index is 2.49. The number of rotatable bonds is 6. The minimum atomic E-state index is -0.925. The van der Waals surface area contributed by atoms with E-state index in [2.05, 4.69) is 73.1 Å². The highest BCUT2D eigenvalue weighted by Gasteiger charge is 2.21. The van der Waals surface area contributed by atoms with Gasteiger partial charge in [-0.25, -0.2) is 0 Å². The lowest BCUT2D eigenvalue weighted by Crippen LogP contribution is -2.25. The van der Waals surface area contributed by atoms with Gasteiger partial charge in [-0.2, -0.15) is 0 Å². The Morgan fingerprint density at radius 2 is 1.84 bits per heavy atom. The summed E-state index contributed by atoms with van der Waals surface area (Å²) in [5.41, 5.74) is 1.15. The predicted octanol–water partition coefficient (Wildman–Crippen LogP) is 4.67. The van der Waals surface area contributed by atoms with Crippen LogP contribution in [-0.2, 0) is 11.2 Å². The third kappa shape index (κ3) is 5.18. The first kappa shape index (κ1) is 20.7. The average molecular weight is 677 g/mol. The molecule has 0 saturated carbocycles. The van der Waals surface area contributed by atoms with Gasteiger partial charge in [0.05, 0.1) is 19.1 Å². The molecule has 132 valence electrons. The predicted molar refractivity (Wildman–Crippen MR) is 120 cm³/mol. The number of aliphatic carboxylic acids is 1. The number of carbonyl (C=O) groups is 2. The molecule has 0 aromatic heterocycles. The third-order valence-electron chi connectivity index (χ3n) is 3.22. The second-order valence-corrected chi connectivity index (χ2v) is 8.40. The van der Waals surface area contributed by atoms with Gasteiger partial charge in [0, 0.05) is 15.7 Å². The number of para-hydroxylation sites is 1. The molecule has 8 heteroatoms. The molecule has 2 N–H and O–H groups in total. The van der Waals surface area contributed by atoms with Gasteiger partial charge in [-0.1, -0.05) is 18.2 Å². The number of halogens is 3. The zero-order chi connectivity index (χ0) is 18.6. The molecule has 0 heterocycles. The molecule has 0 aliphatic carbocycles. The van der Waals surface area contributed by atoms with Crippen molar-refractivity contribution in [1.29, 1.82) is 0 Å². The van der Waals surface area contributed by atoms with Gasteiger partial charge in [-0.3, -0.25) is 9.59 Å². The number of ether oxygens (including phenoxy) is 1. The molecule has 1 amide bonds. The van der Waals surface area contributed by atoms with Crippen LogP contribution in [0.4, 0.5) is 0 Å². The molecule has 0 unspecified atom stereocenters. The van der Waals surface area contributed by atoms with Crippen molar-refractivity contribution in [3.05, 3.63) is 52.2 Å². The van der Waals surface area contributed by atoms with Crippen molar-refractivity contribution >= 4 is 79.6 Å². The molecule has 0 radical (unpaired) electrons. The topological polar surface area (TPSA) is 75.6 Å². The van der Waals surface area contributed by atoms with E-state index in [1.807, 2.05) is 13.0 Å². The third-order valence-corrected chi connectivity index (χ3v) is 5.90. The number of amides is 1. The van der Waals surface area contributed by atoms with Crippen LogP contribution in [0.25, 0.3) is 0 Å². The summed E-state index contributed by atoms with van der Waals surface area (Å²) in [4.78, 5) is 23.4. The van der Waals surface area contributed by atoms with Gasteiger partial charge in [0.1, 0.15) is 5.75 Å². The first-order valence-corrected chi connectivity index (χ1v) is 10.5. The fraction of sp³-hybridized carbons (Fsp3) is 0.176. The largest absolute Gasteiger partial charge is 0.481 e.